The number of nitrogens with one attached hydrogen (secondary N) is 2. The molecule has 4 heteroatoms. The summed E-state index contributed by atoms with van der Waals surface area (Å²) in [6.07, 6.45) is 2.03. The molecule has 0 spiro atoms. The van der Waals surface area contributed by atoms with E-state index in [0.29, 0.717) is 6.54 Å². The molecule has 0 bridgehead atoms. The van der Waals surface area contributed by atoms with Crippen molar-refractivity contribution < 1.29 is 9.53 Å². The molecular weight excluding hydrogens is 288 g/mol. The quantitative estimate of drug-likeness (QED) is 0.758. The van der Waals surface area contributed by atoms with Crippen LogP contribution in [0.5, 0.6) is 5.75 Å². The van der Waals surface area contributed by atoms with Gasteiger partial charge in [0.1, 0.15) is 5.75 Å². The summed E-state index contributed by atoms with van der Waals surface area (Å²) in [7, 11) is 1.66. The Bertz CT molecular complexity index is 806. The van der Waals surface area contributed by atoms with Crippen molar-refractivity contribution in [2.45, 2.75) is 12.8 Å². The summed E-state index contributed by atoms with van der Waals surface area (Å²) in [5, 5.41) is 4.12. The van der Waals surface area contributed by atoms with Gasteiger partial charge in [0.2, 0.25) is 5.91 Å². The number of aromatic amines is 1. The lowest BCUT2D eigenvalue weighted by Crippen LogP contribution is -2.26. The second-order valence-corrected chi connectivity index (χ2v) is 5.55. The molecule has 1 heterocycles. The predicted octanol–water partition coefficient (Wildman–Crippen LogP) is 3.44. The van der Waals surface area contributed by atoms with Crippen LogP contribution < -0.4 is 10.1 Å². The van der Waals surface area contributed by atoms with Crippen LogP contribution in [-0.2, 0) is 4.79 Å². The Balaban J connectivity index is 2.02. The van der Waals surface area contributed by atoms with Gasteiger partial charge in [0.25, 0.3) is 0 Å². The highest BCUT2D eigenvalue weighted by Gasteiger charge is 2.18. The monoisotopic (exact) mass is 308 g/mol. The molecule has 118 valence electrons. The average molecular weight is 308 g/mol. The molecule has 1 aromatic heterocycles. The van der Waals surface area contributed by atoms with Crippen LogP contribution in [-0.4, -0.2) is 24.5 Å². The van der Waals surface area contributed by atoms with Crippen molar-refractivity contribution in [2.24, 2.45) is 0 Å². The van der Waals surface area contributed by atoms with E-state index in [1.807, 2.05) is 42.6 Å². The Morgan fingerprint density at radius 2 is 1.91 bits per heavy atom. The Morgan fingerprint density at radius 1 is 1.17 bits per heavy atom. The van der Waals surface area contributed by atoms with Crippen molar-refractivity contribution in [3.63, 3.8) is 0 Å². The smallest absolute Gasteiger partial charge is 0.216 e. The molecule has 0 aliphatic rings. The highest BCUT2D eigenvalue weighted by Crippen LogP contribution is 2.31. The Hall–Kier alpha value is -2.75. The Kier molecular flexibility index (Phi) is 4.33. The fourth-order valence-electron chi connectivity index (χ4n) is 2.87. The predicted molar refractivity (Wildman–Crippen MR) is 91.8 cm³/mol. The molecule has 0 aliphatic carbocycles. The first-order valence-electron chi connectivity index (χ1n) is 7.63. The number of carbonyl (C=O) groups is 1. The maximum Gasteiger partial charge on any atom is 0.216 e. The highest BCUT2D eigenvalue weighted by molar-refractivity contribution is 5.84. The maximum atomic E-state index is 11.4. The molecule has 1 amide bonds. The number of aromatic nitrogens is 1. The summed E-state index contributed by atoms with van der Waals surface area (Å²) in [4.78, 5) is 14.7. The van der Waals surface area contributed by atoms with Crippen LogP contribution in [0.1, 0.15) is 24.0 Å². The number of ether oxygens (including phenoxy) is 1. The number of amides is 1. The van der Waals surface area contributed by atoms with E-state index in [0.717, 1.165) is 16.8 Å². The second kappa shape index (κ2) is 6.57. The van der Waals surface area contributed by atoms with E-state index in [9.17, 15) is 4.79 Å². The van der Waals surface area contributed by atoms with E-state index in [4.69, 9.17) is 4.74 Å². The molecule has 2 aromatic carbocycles. The van der Waals surface area contributed by atoms with Crippen LogP contribution in [0.3, 0.4) is 0 Å². The third-order valence-electron chi connectivity index (χ3n) is 4.07. The summed E-state index contributed by atoms with van der Waals surface area (Å²) in [6, 6.07) is 16.2. The lowest BCUT2D eigenvalue weighted by Gasteiger charge is -2.18. The van der Waals surface area contributed by atoms with Crippen LogP contribution >= 0.6 is 0 Å². The van der Waals surface area contributed by atoms with Gasteiger partial charge in [-0.05, 0) is 29.3 Å². The Labute approximate surface area is 135 Å². The molecule has 1 unspecified atom stereocenters. The summed E-state index contributed by atoms with van der Waals surface area (Å²) < 4.78 is 5.23. The lowest BCUT2D eigenvalue weighted by molar-refractivity contribution is -0.118. The number of para-hydroxylation sites is 1. The number of benzene rings is 2. The van der Waals surface area contributed by atoms with Crippen molar-refractivity contribution in [1.82, 2.24) is 10.3 Å². The molecule has 0 saturated carbocycles. The fourth-order valence-corrected chi connectivity index (χ4v) is 2.87. The molecule has 1 atom stereocenters. The number of fused-ring (bicyclic) bond motifs is 1. The third kappa shape index (κ3) is 3.21. The minimum absolute atomic E-state index is 0.0247. The van der Waals surface area contributed by atoms with Gasteiger partial charge in [0.05, 0.1) is 7.11 Å². The van der Waals surface area contributed by atoms with E-state index in [1.54, 1.807) is 14.0 Å². The van der Waals surface area contributed by atoms with Gasteiger partial charge in [0.15, 0.2) is 0 Å². The van der Waals surface area contributed by atoms with E-state index in [2.05, 4.69) is 22.4 Å². The standard InChI is InChI=1S/C19H20N2O2/c1-13(22)20-11-17(14-7-9-15(23-2)10-8-14)18-12-21-19-6-4-3-5-16(18)19/h3-10,12,17,21H,11H2,1-2H3,(H,20,22). The topological polar surface area (TPSA) is 54.1 Å². The first kappa shape index (κ1) is 15.2. The van der Waals surface area contributed by atoms with Gasteiger partial charge in [-0.3, -0.25) is 4.79 Å². The van der Waals surface area contributed by atoms with Gasteiger partial charge >= 0.3 is 0 Å². The van der Waals surface area contributed by atoms with Crippen LogP contribution in [0.15, 0.2) is 54.7 Å². The molecule has 0 saturated heterocycles. The zero-order chi connectivity index (χ0) is 16.2. The number of methoxy groups -OCH3 is 1. The maximum absolute atomic E-state index is 11.4. The van der Waals surface area contributed by atoms with Gasteiger partial charge in [-0.15, -0.1) is 0 Å². The summed E-state index contributed by atoms with van der Waals surface area (Å²) in [5.41, 5.74) is 3.42. The number of H-pyrrole nitrogens is 1. The van der Waals surface area contributed by atoms with Crippen LogP contribution in [0.2, 0.25) is 0 Å². The Morgan fingerprint density at radius 3 is 2.61 bits per heavy atom. The molecule has 23 heavy (non-hydrogen) atoms. The molecule has 0 radical (unpaired) electrons. The summed E-state index contributed by atoms with van der Waals surface area (Å²) in [5.74, 6) is 0.885. The van der Waals surface area contributed by atoms with Crippen LogP contribution in [0, 0.1) is 0 Å². The van der Waals surface area contributed by atoms with Crippen molar-refractivity contribution in [3.05, 3.63) is 65.9 Å². The first-order valence-corrected chi connectivity index (χ1v) is 7.63. The molecule has 3 rings (SSSR count). The van der Waals surface area contributed by atoms with Gasteiger partial charge in [-0.25, -0.2) is 0 Å². The molecule has 3 aromatic rings. The van der Waals surface area contributed by atoms with Gasteiger partial charge < -0.3 is 15.0 Å². The minimum atomic E-state index is -0.0247. The number of rotatable bonds is 5. The largest absolute Gasteiger partial charge is 0.497 e. The zero-order valence-corrected chi connectivity index (χ0v) is 13.3. The fraction of sp³-hybridized carbons (Fsp3) is 0.211. The lowest BCUT2D eigenvalue weighted by atomic mass is 9.91. The minimum Gasteiger partial charge on any atom is -0.497 e. The normalized spacial score (nSPS) is 12.1. The SMILES string of the molecule is COc1ccc(C(CNC(C)=O)c2c[nH]c3ccccc23)cc1. The zero-order valence-electron chi connectivity index (χ0n) is 13.3. The van der Waals surface area contributed by atoms with Gasteiger partial charge in [0, 0.05) is 36.5 Å². The molecular formula is C19H20N2O2. The van der Waals surface area contributed by atoms with Crippen LogP contribution in [0.25, 0.3) is 10.9 Å². The number of hydrogen-bond donors (Lipinski definition) is 2. The molecule has 0 aliphatic heterocycles. The van der Waals surface area contributed by atoms with E-state index < -0.39 is 0 Å². The first-order chi connectivity index (χ1) is 11.2. The number of carbonyl (C=O) groups excluding carboxylic acids is 1. The third-order valence-corrected chi connectivity index (χ3v) is 4.07. The van der Waals surface area contributed by atoms with Gasteiger partial charge in [-0.2, -0.15) is 0 Å². The van der Waals surface area contributed by atoms with Crippen molar-refractivity contribution >= 4 is 16.8 Å². The van der Waals surface area contributed by atoms with Crippen LogP contribution in [0.4, 0.5) is 0 Å². The van der Waals surface area contributed by atoms with Gasteiger partial charge in [-0.1, -0.05) is 30.3 Å². The molecule has 2 N–H and O–H groups in total. The van der Waals surface area contributed by atoms with E-state index in [1.165, 1.54) is 10.9 Å². The van der Waals surface area contributed by atoms with E-state index >= 15 is 0 Å². The summed E-state index contributed by atoms with van der Waals surface area (Å²) >= 11 is 0. The van der Waals surface area contributed by atoms with Crippen molar-refractivity contribution in [1.29, 1.82) is 0 Å². The molecule has 0 fully saturated rings. The molecule has 4 nitrogen and oxygen atoms in total. The second-order valence-electron chi connectivity index (χ2n) is 5.55. The van der Waals surface area contributed by atoms with E-state index in [-0.39, 0.29) is 11.8 Å². The van der Waals surface area contributed by atoms with Crippen molar-refractivity contribution in [3.8, 4) is 5.75 Å². The highest BCUT2D eigenvalue weighted by atomic mass is 16.5. The van der Waals surface area contributed by atoms with Crippen molar-refractivity contribution in [2.75, 3.05) is 13.7 Å². The summed E-state index contributed by atoms with van der Waals surface area (Å²) in [6.45, 7) is 2.10. The average Bonchev–Trinajstić information content (AvgIpc) is 2.99. The number of hydrogen-bond acceptors (Lipinski definition) is 2.